The van der Waals surface area contributed by atoms with Gasteiger partial charge < -0.3 is 15.3 Å². The van der Waals surface area contributed by atoms with Crippen molar-refractivity contribution in [3.8, 4) is 0 Å². The molecular weight excluding hydrogens is 156 g/mol. The van der Waals surface area contributed by atoms with Crippen LogP contribution in [0.4, 0.5) is 0 Å². The van der Waals surface area contributed by atoms with E-state index in [4.69, 9.17) is 15.3 Å². The second-order valence-corrected chi connectivity index (χ2v) is 1.90. The summed E-state index contributed by atoms with van der Waals surface area (Å²) in [5.41, 5.74) is 0. The fourth-order valence-electron chi connectivity index (χ4n) is 0. The molecule has 62 valence electrons. The first-order chi connectivity index (χ1) is 4.54. The molecule has 0 spiro atoms. The van der Waals surface area contributed by atoms with Crippen molar-refractivity contribution >= 4 is 18.6 Å². The number of aliphatic carboxylic acids is 1. The van der Waals surface area contributed by atoms with Gasteiger partial charge >= 0.3 is 5.97 Å². The standard InChI is InChI=1S/C3H8O2.C2H4O2S/c1-3(5)2-4;3-2(4)1-5/h3-5H,2H2,1H3;5H,1H2,(H,3,4). The number of hydrogen-bond acceptors (Lipinski definition) is 4. The molecule has 4 nitrogen and oxygen atoms in total. The van der Waals surface area contributed by atoms with Crippen LogP contribution < -0.4 is 0 Å². The average molecular weight is 168 g/mol. The van der Waals surface area contributed by atoms with Crippen LogP contribution in [0.15, 0.2) is 0 Å². The number of thiol groups is 1. The molecule has 0 aromatic rings. The van der Waals surface area contributed by atoms with Crippen LogP contribution in [0, 0.1) is 0 Å². The van der Waals surface area contributed by atoms with E-state index in [0.717, 1.165) is 0 Å². The lowest BCUT2D eigenvalue weighted by atomic mass is 10.5. The largest absolute Gasteiger partial charge is 0.481 e. The van der Waals surface area contributed by atoms with Gasteiger partial charge in [0.25, 0.3) is 0 Å². The summed E-state index contributed by atoms with van der Waals surface area (Å²) in [4.78, 5) is 9.29. The van der Waals surface area contributed by atoms with Gasteiger partial charge in [-0.2, -0.15) is 12.6 Å². The van der Waals surface area contributed by atoms with Crippen molar-refractivity contribution in [2.45, 2.75) is 13.0 Å². The van der Waals surface area contributed by atoms with E-state index in [0.29, 0.717) is 0 Å². The number of hydrogen-bond donors (Lipinski definition) is 4. The zero-order valence-corrected chi connectivity index (χ0v) is 6.58. The smallest absolute Gasteiger partial charge is 0.313 e. The molecule has 0 rings (SSSR count). The van der Waals surface area contributed by atoms with Gasteiger partial charge in [0.2, 0.25) is 0 Å². The molecule has 1 atom stereocenters. The quantitative estimate of drug-likeness (QED) is 0.414. The molecule has 0 heterocycles. The van der Waals surface area contributed by atoms with Gasteiger partial charge in [-0.15, -0.1) is 0 Å². The van der Waals surface area contributed by atoms with Crippen LogP contribution in [0.2, 0.25) is 0 Å². The average Bonchev–Trinajstić information content (AvgIpc) is 1.89. The number of aliphatic hydroxyl groups is 2. The Morgan fingerprint density at radius 1 is 1.70 bits per heavy atom. The highest BCUT2D eigenvalue weighted by atomic mass is 32.1. The fourth-order valence-corrected chi connectivity index (χ4v) is 0. The summed E-state index contributed by atoms with van der Waals surface area (Å²) in [6.45, 7) is 1.39. The van der Waals surface area contributed by atoms with Gasteiger partial charge in [0, 0.05) is 0 Å². The van der Waals surface area contributed by atoms with Crippen molar-refractivity contribution in [2.75, 3.05) is 12.4 Å². The summed E-state index contributed by atoms with van der Waals surface area (Å²) in [5.74, 6) is -0.965. The Labute approximate surface area is 64.9 Å². The SMILES string of the molecule is CC(O)CO.O=C(O)CS. The molecule has 0 aliphatic carbocycles. The van der Waals surface area contributed by atoms with Crippen molar-refractivity contribution < 1.29 is 20.1 Å². The minimum atomic E-state index is -0.881. The van der Waals surface area contributed by atoms with Crippen LogP contribution in [0.5, 0.6) is 0 Å². The minimum Gasteiger partial charge on any atom is -0.481 e. The summed E-state index contributed by atoms with van der Waals surface area (Å²) in [5, 5.41) is 23.7. The van der Waals surface area contributed by atoms with E-state index in [9.17, 15) is 4.79 Å². The van der Waals surface area contributed by atoms with E-state index in [1.807, 2.05) is 0 Å². The first kappa shape index (κ1) is 12.4. The molecule has 0 saturated carbocycles. The first-order valence-corrected chi connectivity index (χ1v) is 3.29. The maximum Gasteiger partial charge on any atom is 0.313 e. The normalized spacial score (nSPS) is 11.2. The number of carboxylic acids is 1. The molecule has 0 aromatic carbocycles. The van der Waals surface area contributed by atoms with Gasteiger partial charge in [-0.3, -0.25) is 4.79 Å². The van der Waals surface area contributed by atoms with Gasteiger partial charge in [0.15, 0.2) is 0 Å². The topological polar surface area (TPSA) is 77.8 Å². The van der Waals surface area contributed by atoms with E-state index in [1.165, 1.54) is 6.92 Å². The predicted molar refractivity (Wildman–Crippen MR) is 40.3 cm³/mol. The molecule has 10 heavy (non-hydrogen) atoms. The van der Waals surface area contributed by atoms with E-state index >= 15 is 0 Å². The lowest BCUT2D eigenvalue weighted by Crippen LogP contribution is -2.03. The Morgan fingerprint density at radius 2 is 1.90 bits per heavy atom. The first-order valence-electron chi connectivity index (χ1n) is 2.66. The maximum absolute atomic E-state index is 9.29. The Morgan fingerprint density at radius 3 is 1.90 bits per heavy atom. The lowest BCUT2D eigenvalue weighted by Gasteiger charge is -1.90. The van der Waals surface area contributed by atoms with Crippen molar-refractivity contribution in [3.05, 3.63) is 0 Å². The Kier molecular flexibility index (Phi) is 10.9. The maximum atomic E-state index is 9.29. The van der Waals surface area contributed by atoms with E-state index in [1.54, 1.807) is 0 Å². The van der Waals surface area contributed by atoms with Crippen LogP contribution in [0.1, 0.15) is 6.92 Å². The van der Waals surface area contributed by atoms with Gasteiger partial charge in [-0.25, -0.2) is 0 Å². The summed E-state index contributed by atoms with van der Waals surface area (Å²) in [6, 6.07) is 0. The number of carbonyl (C=O) groups is 1. The lowest BCUT2D eigenvalue weighted by molar-refractivity contribution is -0.133. The van der Waals surface area contributed by atoms with E-state index < -0.39 is 12.1 Å². The second-order valence-electron chi connectivity index (χ2n) is 1.58. The van der Waals surface area contributed by atoms with Crippen LogP contribution in [-0.2, 0) is 4.79 Å². The highest BCUT2D eigenvalue weighted by molar-refractivity contribution is 7.81. The predicted octanol–water partition coefficient (Wildman–Crippen LogP) is -0.640. The molecule has 0 aliphatic rings. The Balaban J connectivity index is 0. The van der Waals surface area contributed by atoms with Gasteiger partial charge in [-0.1, -0.05) is 0 Å². The number of rotatable bonds is 2. The monoisotopic (exact) mass is 168 g/mol. The molecule has 1 unspecified atom stereocenters. The van der Waals surface area contributed by atoms with Crippen molar-refractivity contribution in [2.24, 2.45) is 0 Å². The summed E-state index contributed by atoms with van der Waals surface area (Å²) >= 11 is 3.42. The van der Waals surface area contributed by atoms with Crippen LogP contribution in [0.25, 0.3) is 0 Å². The number of aliphatic hydroxyl groups excluding tert-OH is 2. The van der Waals surface area contributed by atoms with Crippen molar-refractivity contribution in [1.29, 1.82) is 0 Å². The third kappa shape index (κ3) is 25.1. The molecule has 0 amide bonds. The molecular formula is C5H12O4S. The molecule has 0 bridgehead atoms. The van der Waals surface area contributed by atoms with E-state index in [2.05, 4.69) is 12.6 Å². The Hall–Kier alpha value is -0.260. The van der Waals surface area contributed by atoms with Crippen LogP contribution >= 0.6 is 12.6 Å². The van der Waals surface area contributed by atoms with Crippen molar-refractivity contribution in [3.63, 3.8) is 0 Å². The van der Waals surface area contributed by atoms with Gasteiger partial charge in [0.1, 0.15) is 0 Å². The van der Waals surface area contributed by atoms with E-state index in [-0.39, 0.29) is 12.4 Å². The summed E-state index contributed by atoms with van der Waals surface area (Å²) in [6.07, 6.45) is -0.560. The van der Waals surface area contributed by atoms with Gasteiger partial charge in [-0.05, 0) is 6.92 Å². The molecule has 0 aromatic heterocycles. The fraction of sp³-hybridized carbons (Fsp3) is 0.800. The zero-order valence-electron chi connectivity index (χ0n) is 5.69. The number of carboxylic acid groups (broad SMARTS) is 1. The van der Waals surface area contributed by atoms with Gasteiger partial charge in [0.05, 0.1) is 18.5 Å². The zero-order chi connectivity index (χ0) is 8.57. The third-order valence-electron chi connectivity index (χ3n) is 0.399. The summed E-state index contributed by atoms with van der Waals surface area (Å²) in [7, 11) is 0. The molecule has 0 fully saturated rings. The molecule has 0 aliphatic heterocycles. The van der Waals surface area contributed by atoms with Crippen molar-refractivity contribution in [1.82, 2.24) is 0 Å². The highest BCUT2D eigenvalue weighted by Gasteiger charge is 1.83. The second kappa shape index (κ2) is 8.74. The highest BCUT2D eigenvalue weighted by Crippen LogP contribution is 1.68. The summed E-state index contributed by atoms with van der Waals surface area (Å²) < 4.78 is 0. The molecule has 0 radical (unpaired) electrons. The molecule has 0 saturated heterocycles. The minimum absolute atomic E-state index is 0.0833. The third-order valence-corrected chi connectivity index (χ3v) is 0.670. The van der Waals surface area contributed by atoms with Crippen LogP contribution in [-0.4, -0.2) is 39.8 Å². The molecule has 5 heteroatoms. The Bertz CT molecular complexity index is 83.7. The molecule has 3 N–H and O–H groups in total. The van der Waals surface area contributed by atoms with Crippen LogP contribution in [0.3, 0.4) is 0 Å².